The molecule has 1 aromatic carbocycles. The Balaban J connectivity index is 2.05. The molecule has 21 heavy (non-hydrogen) atoms. The molecule has 0 radical (unpaired) electrons. The first-order valence-electron chi connectivity index (χ1n) is 7.56. The highest BCUT2D eigenvalue weighted by molar-refractivity contribution is 6.30. The van der Waals surface area contributed by atoms with Gasteiger partial charge in [0.25, 0.3) is 5.91 Å². The lowest BCUT2D eigenvalue weighted by molar-refractivity contribution is -0.136. The fourth-order valence-corrected chi connectivity index (χ4v) is 2.69. The third-order valence-electron chi connectivity index (χ3n) is 3.66. The van der Waals surface area contributed by atoms with Crippen molar-refractivity contribution in [3.05, 3.63) is 28.8 Å². The van der Waals surface area contributed by atoms with Gasteiger partial charge in [0, 0.05) is 30.2 Å². The maximum atomic E-state index is 12.3. The molecule has 1 aromatic rings. The number of ether oxygens (including phenoxy) is 1. The number of likely N-dealkylation sites (tertiary alicyclic amines) is 1. The maximum Gasteiger partial charge on any atom is 0.263 e. The molecule has 1 fully saturated rings. The van der Waals surface area contributed by atoms with Gasteiger partial charge in [-0.15, -0.1) is 0 Å². The topological polar surface area (TPSA) is 41.6 Å². The van der Waals surface area contributed by atoms with Crippen molar-refractivity contribution in [2.45, 2.75) is 39.3 Å². The van der Waals surface area contributed by atoms with Crippen molar-refractivity contribution in [1.82, 2.24) is 10.2 Å². The van der Waals surface area contributed by atoms with Gasteiger partial charge in [0.15, 0.2) is 6.10 Å². The average molecular weight is 311 g/mol. The van der Waals surface area contributed by atoms with E-state index in [0.717, 1.165) is 43.8 Å². The minimum Gasteiger partial charge on any atom is -0.481 e. The highest BCUT2D eigenvalue weighted by Crippen LogP contribution is 2.24. The van der Waals surface area contributed by atoms with Crippen LogP contribution in [0.25, 0.3) is 0 Å². The molecule has 1 atom stereocenters. The van der Waals surface area contributed by atoms with Gasteiger partial charge in [-0.2, -0.15) is 0 Å². The molecule has 0 spiro atoms. The van der Waals surface area contributed by atoms with Crippen molar-refractivity contribution in [2.24, 2.45) is 0 Å². The molecular formula is C16H23ClN2O2. The first kappa shape index (κ1) is 16.1. The normalized spacial score (nSPS) is 16.0. The highest BCUT2D eigenvalue weighted by atomic mass is 35.5. The van der Waals surface area contributed by atoms with Gasteiger partial charge < -0.3 is 15.0 Å². The molecule has 4 nitrogen and oxygen atoms in total. The van der Waals surface area contributed by atoms with Crippen LogP contribution >= 0.6 is 11.6 Å². The number of hydrogen-bond donors (Lipinski definition) is 1. The number of amides is 1. The van der Waals surface area contributed by atoms with Crippen LogP contribution in [0.5, 0.6) is 5.75 Å². The molecule has 1 N–H and O–H groups in total. The van der Waals surface area contributed by atoms with Gasteiger partial charge in [-0.25, -0.2) is 0 Å². The smallest absolute Gasteiger partial charge is 0.263 e. The van der Waals surface area contributed by atoms with Crippen molar-refractivity contribution >= 4 is 17.5 Å². The second-order valence-corrected chi connectivity index (χ2v) is 5.76. The summed E-state index contributed by atoms with van der Waals surface area (Å²) in [6, 6.07) is 5.51. The molecule has 0 bridgehead atoms. The first-order chi connectivity index (χ1) is 10.1. The third kappa shape index (κ3) is 4.35. The summed E-state index contributed by atoms with van der Waals surface area (Å²) in [6.45, 7) is 7.09. The van der Waals surface area contributed by atoms with Gasteiger partial charge in [0.2, 0.25) is 0 Å². The lowest BCUT2D eigenvalue weighted by Crippen LogP contribution is -2.38. The predicted molar refractivity (Wildman–Crippen MR) is 84.7 cm³/mol. The summed E-state index contributed by atoms with van der Waals surface area (Å²) in [4.78, 5) is 14.2. The molecule has 1 unspecified atom stereocenters. The summed E-state index contributed by atoms with van der Waals surface area (Å²) in [5.74, 6) is 0.789. The zero-order chi connectivity index (χ0) is 15.2. The second kappa shape index (κ2) is 7.66. The van der Waals surface area contributed by atoms with Crippen LogP contribution in [-0.4, -0.2) is 36.5 Å². The van der Waals surface area contributed by atoms with Gasteiger partial charge in [0.1, 0.15) is 5.75 Å². The molecule has 2 rings (SSSR count). The van der Waals surface area contributed by atoms with Crippen LogP contribution in [0.1, 0.15) is 32.3 Å². The van der Waals surface area contributed by atoms with E-state index in [9.17, 15) is 4.79 Å². The zero-order valence-corrected chi connectivity index (χ0v) is 13.4. The standard InChI is InChI=1S/C16H23ClN2O2/c1-3-18-11-13-10-14(17)6-7-15(13)21-12(2)16(20)19-8-4-5-9-19/h6-7,10,12,18H,3-5,8-9,11H2,1-2H3. The Bertz CT molecular complexity index is 487. The van der Waals surface area contributed by atoms with Gasteiger partial charge in [0.05, 0.1) is 0 Å². The number of nitrogens with zero attached hydrogens (tertiary/aromatic N) is 1. The predicted octanol–water partition coefficient (Wildman–Crippen LogP) is 2.84. The zero-order valence-electron chi connectivity index (χ0n) is 12.7. The van der Waals surface area contributed by atoms with Gasteiger partial charge in [-0.05, 0) is 44.5 Å². The van der Waals surface area contributed by atoms with E-state index in [1.807, 2.05) is 30.9 Å². The largest absolute Gasteiger partial charge is 0.481 e. The van der Waals surface area contributed by atoms with Crippen molar-refractivity contribution in [1.29, 1.82) is 0 Å². The Morgan fingerprint density at radius 2 is 2.14 bits per heavy atom. The van der Waals surface area contributed by atoms with Crippen LogP contribution in [0, 0.1) is 0 Å². The SMILES string of the molecule is CCNCc1cc(Cl)ccc1OC(C)C(=O)N1CCCC1. The number of halogens is 1. The van der Waals surface area contributed by atoms with Crippen LogP contribution in [-0.2, 0) is 11.3 Å². The Morgan fingerprint density at radius 3 is 2.81 bits per heavy atom. The molecule has 1 amide bonds. The molecule has 1 aliphatic heterocycles. The minimum absolute atomic E-state index is 0.0665. The van der Waals surface area contributed by atoms with Crippen LogP contribution in [0.3, 0.4) is 0 Å². The molecule has 0 aliphatic carbocycles. The Hall–Kier alpha value is -1.26. The molecular weight excluding hydrogens is 288 g/mol. The average Bonchev–Trinajstić information content (AvgIpc) is 3.00. The number of hydrogen-bond acceptors (Lipinski definition) is 3. The van der Waals surface area contributed by atoms with E-state index < -0.39 is 6.10 Å². The van der Waals surface area contributed by atoms with Crippen molar-refractivity contribution in [3.8, 4) is 5.75 Å². The van der Waals surface area contributed by atoms with E-state index in [0.29, 0.717) is 11.6 Å². The molecule has 1 heterocycles. The molecule has 116 valence electrons. The Labute approximate surface area is 131 Å². The molecule has 5 heteroatoms. The summed E-state index contributed by atoms with van der Waals surface area (Å²) in [5.41, 5.74) is 0.977. The molecule has 0 aromatic heterocycles. The fraction of sp³-hybridized carbons (Fsp3) is 0.562. The minimum atomic E-state index is -0.468. The number of carbonyl (C=O) groups is 1. The number of carbonyl (C=O) groups excluding carboxylic acids is 1. The van der Waals surface area contributed by atoms with Crippen molar-refractivity contribution in [2.75, 3.05) is 19.6 Å². The third-order valence-corrected chi connectivity index (χ3v) is 3.89. The maximum absolute atomic E-state index is 12.3. The van der Waals surface area contributed by atoms with Crippen LogP contribution in [0.2, 0.25) is 5.02 Å². The Kier molecular flexibility index (Phi) is 5.88. The summed E-state index contributed by atoms with van der Waals surface area (Å²) >= 11 is 6.04. The summed E-state index contributed by atoms with van der Waals surface area (Å²) in [7, 11) is 0. The van der Waals surface area contributed by atoms with Crippen LogP contribution in [0.15, 0.2) is 18.2 Å². The number of benzene rings is 1. The number of rotatable bonds is 6. The quantitative estimate of drug-likeness (QED) is 0.878. The van der Waals surface area contributed by atoms with Crippen molar-refractivity contribution < 1.29 is 9.53 Å². The van der Waals surface area contributed by atoms with Crippen LogP contribution < -0.4 is 10.1 Å². The molecule has 1 aliphatic rings. The van der Waals surface area contributed by atoms with E-state index in [1.54, 1.807) is 6.07 Å². The summed E-state index contributed by atoms with van der Waals surface area (Å²) in [5, 5.41) is 3.93. The van der Waals surface area contributed by atoms with E-state index in [-0.39, 0.29) is 5.91 Å². The van der Waals surface area contributed by atoms with Gasteiger partial charge in [-0.1, -0.05) is 18.5 Å². The molecule has 0 saturated carbocycles. The molecule has 1 saturated heterocycles. The number of nitrogens with one attached hydrogen (secondary N) is 1. The fourth-order valence-electron chi connectivity index (χ4n) is 2.50. The monoisotopic (exact) mass is 310 g/mol. The van der Waals surface area contributed by atoms with E-state index >= 15 is 0 Å². The lowest BCUT2D eigenvalue weighted by atomic mass is 10.2. The second-order valence-electron chi connectivity index (χ2n) is 5.32. The van der Waals surface area contributed by atoms with Crippen molar-refractivity contribution in [3.63, 3.8) is 0 Å². The summed E-state index contributed by atoms with van der Waals surface area (Å²) in [6.07, 6.45) is 1.71. The van der Waals surface area contributed by atoms with E-state index in [1.165, 1.54) is 0 Å². The highest BCUT2D eigenvalue weighted by Gasteiger charge is 2.25. The van der Waals surface area contributed by atoms with Gasteiger partial charge >= 0.3 is 0 Å². The van der Waals surface area contributed by atoms with E-state index in [4.69, 9.17) is 16.3 Å². The van der Waals surface area contributed by atoms with E-state index in [2.05, 4.69) is 5.32 Å². The first-order valence-corrected chi connectivity index (χ1v) is 7.94. The van der Waals surface area contributed by atoms with Crippen LogP contribution in [0.4, 0.5) is 0 Å². The lowest BCUT2D eigenvalue weighted by Gasteiger charge is -2.22. The Morgan fingerprint density at radius 1 is 1.43 bits per heavy atom. The van der Waals surface area contributed by atoms with Gasteiger partial charge in [-0.3, -0.25) is 4.79 Å². The summed E-state index contributed by atoms with van der Waals surface area (Å²) < 4.78 is 5.88.